The largest absolute Gasteiger partial charge is 0.492 e. The van der Waals surface area contributed by atoms with E-state index in [0.717, 1.165) is 12.8 Å². The summed E-state index contributed by atoms with van der Waals surface area (Å²) in [6.45, 7) is 4.11. The third-order valence-electron chi connectivity index (χ3n) is 3.67. The molecule has 140 valence electrons. The molecule has 0 fully saturated rings. The van der Waals surface area contributed by atoms with Gasteiger partial charge in [-0.2, -0.15) is 0 Å². The summed E-state index contributed by atoms with van der Waals surface area (Å²) in [5, 5.41) is 9.51. The summed E-state index contributed by atoms with van der Waals surface area (Å²) in [5.41, 5.74) is 0.502. The predicted octanol–water partition coefficient (Wildman–Crippen LogP) is 4.33. The van der Waals surface area contributed by atoms with Gasteiger partial charge in [-0.05, 0) is 43.2 Å². The first-order chi connectivity index (χ1) is 12.3. The van der Waals surface area contributed by atoms with Crippen molar-refractivity contribution in [2.45, 2.75) is 31.6 Å². The summed E-state index contributed by atoms with van der Waals surface area (Å²) in [4.78, 5) is 11.2. The molecule has 0 spiro atoms. The molecule has 6 nitrogen and oxygen atoms in total. The number of carbonyl (C=O) groups is 1. The number of hydrogen-bond acceptors (Lipinski definition) is 4. The highest BCUT2D eigenvalue weighted by molar-refractivity contribution is 7.92. The van der Waals surface area contributed by atoms with E-state index in [1.165, 1.54) is 24.3 Å². The average molecular weight is 398 g/mol. The van der Waals surface area contributed by atoms with E-state index < -0.39 is 16.0 Å². The number of sulfonamides is 1. The number of ether oxygens (including phenoxy) is 1. The number of nitrogens with one attached hydrogen (secondary N) is 1. The number of anilines is 1. The van der Waals surface area contributed by atoms with Crippen LogP contribution < -0.4 is 9.46 Å². The van der Waals surface area contributed by atoms with Gasteiger partial charge in [-0.15, -0.1) is 0 Å². The van der Waals surface area contributed by atoms with Crippen molar-refractivity contribution in [3.63, 3.8) is 0 Å². The number of rotatable bonds is 8. The number of para-hydroxylation sites is 1. The normalized spacial score (nSPS) is 11.2. The number of aromatic carboxylic acids is 1. The minimum Gasteiger partial charge on any atom is -0.492 e. The quantitative estimate of drug-likeness (QED) is 0.647. The molecule has 0 saturated heterocycles. The number of halogens is 1. The van der Waals surface area contributed by atoms with Crippen molar-refractivity contribution in [2.75, 3.05) is 11.3 Å². The van der Waals surface area contributed by atoms with Gasteiger partial charge in [0.2, 0.25) is 0 Å². The van der Waals surface area contributed by atoms with Gasteiger partial charge >= 0.3 is 5.97 Å². The Morgan fingerprint density at radius 1 is 1.27 bits per heavy atom. The summed E-state index contributed by atoms with van der Waals surface area (Å²) < 4.78 is 33.6. The van der Waals surface area contributed by atoms with Crippen LogP contribution in [-0.4, -0.2) is 26.1 Å². The molecule has 8 heteroatoms. The van der Waals surface area contributed by atoms with Crippen molar-refractivity contribution in [3.8, 4) is 5.75 Å². The van der Waals surface area contributed by atoms with Crippen molar-refractivity contribution >= 4 is 33.3 Å². The lowest BCUT2D eigenvalue weighted by atomic mass is 10.2. The van der Waals surface area contributed by atoms with Crippen LogP contribution in [-0.2, 0) is 10.0 Å². The molecule has 0 radical (unpaired) electrons. The fourth-order valence-electron chi connectivity index (χ4n) is 2.24. The molecule has 0 atom stereocenters. The maximum absolute atomic E-state index is 12.9. The lowest BCUT2D eigenvalue weighted by Gasteiger charge is -2.16. The summed E-state index contributed by atoms with van der Waals surface area (Å²) >= 11 is 6.10. The van der Waals surface area contributed by atoms with Gasteiger partial charge in [0.05, 0.1) is 17.9 Å². The summed E-state index contributed by atoms with van der Waals surface area (Å²) in [7, 11) is -4.10. The van der Waals surface area contributed by atoms with E-state index in [1.807, 2.05) is 6.92 Å². The van der Waals surface area contributed by atoms with Crippen LogP contribution in [0, 0.1) is 6.92 Å². The van der Waals surface area contributed by atoms with E-state index in [-0.39, 0.29) is 26.9 Å². The smallest absolute Gasteiger partial charge is 0.337 e. The first-order valence-electron chi connectivity index (χ1n) is 8.04. The highest BCUT2D eigenvalue weighted by Gasteiger charge is 2.23. The van der Waals surface area contributed by atoms with E-state index in [1.54, 1.807) is 19.1 Å². The molecule has 0 bridgehead atoms. The van der Waals surface area contributed by atoms with Gasteiger partial charge in [0.25, 0.3) is 10.0 Å². The Bertz CT molecular complexity index is 912. The maximum atomic E-state index is 12.9. The van der Waals surface area contributed by atoms with E-state index in [2.05, 4.69) is 4.72 Å². The SMILES string of the molecule is CCCCOc1cc(C)c(Cl)cc1S(=O)(=O)Nc1ccccc1C(=O)O. The summed E-state index contributed by atoms with van der Waals surface area (Å²) in [5.74, 6) is -1.05. The summed E-state index contributed by atoms with van der Waals surface area (Å²) in [6.07, 6.45) is 1.68. The Balaban J connectivity index is 2.45. The number of benzene rings is 2. The lowest BCUT2D eigenvalue weighted by Crippen LogP contribution is -2.17. The first kappa shape index (κ1) is 20.1. The zero-order valence-electron chi connectivity index (χ0n) is 14.5. The van der Waals surface area contributed by atoms with Crippen LogP contribution in [0.4, 0.5) is 5.69 Å². The molecule has 0 heterocycles. The van der Waals surface area contributed by atoms with Crippen molar-refractivity contribution in [1.29, 1.82) is 0 Å². The van der Waals surface area contributed by atoms with Gasteiger partial charge in [0.1, 0.15) is 10.6 Å². The van der Waals surface area contributed by atoms with Crippen LogP contribution in [0.5, 0.6) is 5.75 Å². The molecular formula is C18H20ClNO5S. The highest BCUT2D eigenvalue weighted by Crippen LogP contribution is 2.32. The highest BCUT2D eigenvalue weighted by atomic mass is 35.5. The molecule has 0 aliphatic carbocycles. The molecule has 2 rings (SSSR count). The monoisotopic (exact) mass is 397 g/mol. The zero-order chi connectivity index (χ0) is 19.3. The Kier molecular flexibility index (Phi) is 6.50. The number of hydrogen-bond donors (Lipinski definition) is 2. The van der Waals surface area contributed by atoms with E-state index in [9.17, 15) is 18.3 Å². The van der Waals surface area contributed by atoms with E-state index in [0.29, 0.717) is 12.2 Å². The molecule has 0 aliphatic heterocycles. The van der Waals surface area contributed by atoms with Crippen molar-refractivity contribution in [2.24, 2.45) is 0 Å². The minimum absolute atomic E-state index is 0.0313. The van der Waals surface area contributed by atoms with Gasteiger partial charge in [0, 0.05) is 5.02 Å². The fraction of sp³-hybridized carbons (Fsp3) is 0.278. The van der Waals surface area contributed by atoms with Crippen molar-refractivity contribution < 1.29 is 23.1 Å². The van der Waals surface area contributed by atoms with Gasteiger partial charge in [0.15, 0.2) is 0 Å². The third-order valence-corrected chi connectivity index (χ3v) is 5.47. The van der Waals surface area contributed by atoms with Gasteiger partial charge in [-0.3, -0.25) is 4.72 Å². The average Bonchev–Trinajstić information content (AvgIpc) is 2.57. The molecule has 0 saturated carbocycles. The molecule has 26 heavy (non-hydrogen) atoms. The minimum atomic E-state index is -4.10. The van der Waals surface area contributed by atoms with Crippen LogP contribution in [0.1, 0.15) is 35.7 Å². The van der Waals surface area contributed by atoms with Crippen LogP contribution in [0.3, 0.4) is 0 Å². The molecule has 2 aromatic rings. The molecule has 0 unspecified atom stereocenters. The Labute approximate surface area is 157 Å². The zero-order valence-corrected chi connectivity index (χ0v) is 16.0. The molecule has 0 aliphatic rings. The van der Waals surface area contributed by atoms with E-state index in [4.69, 9.17) is 16.3 Å². The van der Waals surface area contributed by atoms with Crippen molar-refractivity contribution in [1.82, 2.24) is 0 Å². The Hall–Kier alpha value is -2.25. The predicted molar refractivity (Wildman–Crippen MR) is 101 cm³/mol. The Morgan fingerprint density at radius 2 is 1.96 bits per heavy atom. The summed E-state index contributed by atoms with van der Waals surface area (Å²) in [6, 6.07) is 8.64. The second-order valence-electron chi connectivity index (χ2n) is 5.71. The third kappa shape index (κ3) is 4.68. The van der Waals surface area contributed by atoms with E-state index >= 15 is 0 Å². The fourth-order valence-corrected chi connectivity index (χ4v) is 3.71. The standard InChI is InChI=1S/C18H20ClNO5S/c1-3-4-9-25-16-10-12(2)14(19)11-17(16)26(23,24)20-15-8-6-5-7-13(15)18(21)22/h5-8,10-11,20H,3-4,9H2,1-2H3,(H,21,22). The first-order valence-corrected chi connectivity index (χ1v) is 9.90. The molecule has 0 aromatic heterocycles. The molecular weight excluding hydrogens is 378 g/mol. The van der Waals surface area contributed by atoms with Gasteiger partial charge in [-0.1, -0.05) is 37.1 Å². The maximum Gasteiger partial charge on any atom is 0.337 e. The van der Waals surface area contributed by atoms with Gasteiger partial charge in [-0.25, -0.2) is 13.2 Å². The number of carboxylic acid groups (broad SMARTS) is 1. The lowest BCUT2D eigenvalue weighted by molar-refractivity contribution is 0.0698. The van der Waals surface area contributed by atoms with Crippen molar-refractivity contribution in [3.05, 3.63) is 52.5 Å². The topological polar surface area (TPSA) is 92.7 Å². The number of carboxylic acids is 1. The van der Waals surface area contributed by atoms with Crippen LogP contribution in [0.2, 0.25) is 5.02 Å². The molecule has 0 amide bonds. The number of unbranched alkanes of at least 4 members (excludes halogenated alkanes) is 1. The number of aryl methyl sites for hydroxylation is 1. The van der Waals surface area contributed by atoms with Crippen LogP contribution in [0.15, 0.2) is 41.3 Å². The second-order valence-corrected chi connectivity index (χ2v) is 7.76. The van der Waals surface area contributed by atoms with Gasteiger partial charge < -0.3 is 9.84 Å². The molecule has 2 aromatic carbocycles. The second kappa shape index (κ2) is 8.42. The van der Waals surface area contributed by atoms with Crippen LogP contribution in [0.25, 0.3) is 0 Å². The Morgan fingerprint density at radius 3 is 2.62 bits per heavy atom. The van der Waals surface area contributed by atoms with Crippen LogP contribution >= 0.6 is 11.6 Å². The molecule has 2 N–H and O–H groups in total.